The van der Waals surface area contributed by atoms with Gasteiger partial charge in [0.25, 0.3) is 0 Å². The van der Waals surface area contributed by atoms with Crippen molar-refractivity contribution in [3.8, 4) is 135 Å². The van der Waals surface area contributed by atoms with Crippen LogP contribution < -0.4 is 0 Å². The lowest BCUT2D eigenvalue weighted by atomic mass is 9.92. The van der Waals surface area contributed by atoms with Gasteiger partial charge in [-0.15, -0.1) is 0 Å². The fourth-order valence-electron chi connectivity index (χ4n) is 11.0. The lowest BCUT2D eigenvalue weighted by Crippen LogP contribution is -1.96. The van der Waals surface area contributed by atoms with Gasteiger partial charge in [-0.25, -0.2) is 19.9 Å². The fraction of sp³-hybridized carbons (Fsp3) is 0. The van der Waals surface area contributed by atoms with E-state index >= 15 is 0 Å². The highest BCUT2D eigenvalue weighted by molar-refractivity contribution is 6.04. The molecule has 12 aromatic carbocycles. The first-order chi connectivity index (χ1) is 40.6. The van der Waals surface area contributed by atoms with E-state index in [0.717, 1.165) is 101 Å². The second-order valence-electron chi connectivity index (χ2n) is 20.6. The summed E-state index contributed by atoms with van der Waals surface area (Å²) in [5.41, 5.74) is 23.4. The highest BCUT2D eigenvalue weighted by Gasteiger charge is 2.16. The topological polar surface area (TPSA) is 51.6 Å². The summed E-state index contributed by atoms with van der Waals surface area (Å²) in [6, 6.07) is 111. The lowest BCUT2D eigenvalue weighted by Gasteiger charge is -2.13. The maximum Gasteiger partial charge on any atom is 0.160 e. The summed E-state index contributed by atoms with van der Waals surface area (Å²) in [6.07, 6.45) is 0. The van der Waals surface area contributed by atoms with Crippen molar-refractivity contribution in [3.05, 3.63) is 315 Å². The number of hydrogen-bond donors (Lipinski definition) is 0. The number of hydrogen-bond acceptors (Lipinski definition) is 4. The minimum absolute atomic E-state index is 0.672. The van der Waals surface area contributed by atoms with Gasteiger partial charge in [0.2, 0.25) is 0 Å². The normalized spacial score (nSPS) is 11.2. The van der Waals surface area contributed by atoms with Crippen LogP contribution in [0.25, 0.3) is 145 Å². The van der Waals surface area contributed by atoms with Gasteiger partial charge < -0.3 is 0 Å². The summed E-state index contributed by atoms with van der Waals surface area (Å²) < 4.78 is 0. The molecule has 0 saturated heterocycles. The molecule has 14 aromatic rings. The highest BCUT2D eigenvalue weighted by atomic mass is 14.9. The molecule has 0 spiro atoms. The van der Waals surface area contributed by atoms with Crippen molar-refractivity contribution in [2.45, 2.75) is 0 Å². The zero-order valence-electron chi connectivity index (χ0n) is 44.8. The minimum Gasteiger partial charge on any atom is -0.228 e. The predicted octanol–water partition coefficient (Wildman–Crippen LogP) is 20.4. The van der Waals surface area contributed by atoms with Crippen LogP contribution in [0, 0.1) is 0 Å². The molecule has 0 aliphatic heterocycles. The van der Waals surface area contributed by atoms with E-state index in [0.29, 0.717) is 11.6 Å². The summed E-state index contributed by atoms with van der Waals surface area (Å²) in [7, 11) is 0. The van der Waals surface area contributed by atoms with Crippen LogP contribution in [0.1, 0.15) is 0 Å². The first-order valence-corrected chi connectivity index (χ1v) is 27.8. The maximum atomic E-state index is 5.23. The van der Waals surface area contributed by atoms with E-state index in [9.17, 15) is 0 Å². The summed E-state index contributed by atoms with van der Waals surface area (Å²) >= 11 is 0. The van der Waals surface area contributed by atoms with Crippen molar-refractivity contribution < 1.29 is 0 Å². The third-order valence-corrected chi connectivity index (χ3v) is 15.4. The largest absolute Gasteiger partial charge is 0.228 e. The third-order valence-electron chi connectivity index (χ3n) is 15.4. The SMILES string of the molecule is c1ccc(-c2ccc(-c3cc(-c4ccc(-c5ccccc5)cc4)nc(-c4ccc(-c5cccc6c(-c7ccc(-c8nc(-c9ccc(-c%10ccccc%10)cc9)cc(-c9ccc(-c%10ccccc%10)cc9)n8)cc7)cccc56)cc4)n3)cc2)cc1. The Labute approximate surface area is 478 Å². The Kier molecular flexibility index (Phi) is 13.3. The van der Waals surface area contributed by atoms with E-state index < -0.39 is 0 Å². The molecule has 2 aromatic heterocycles. The van der Waals surface area contributed by atoms with Crippen molar-refractivity contribution >= 4 is 10.8 Å². The van der Waals surface area contributed by atoms with Crippen LogP contribution >= 0.6 is 0 Å². The van der Waals surface area contributed by atoms with Gasteiger partial charge in [0.15, 0.2) is 11.6 Å². The number of nitrogens with zero attached hydrogens (tertiary/aromatic N) is 4. The average molecular weight is 1050 g/mol. The number of rotatable bonds is 12. The van der Waals surface area contributed by atoms with Crippen LogP contribution in [0.15, 0.2) is 315 Å². The smallest absolute Gasteiger partial charge is 0.160 e. The van der Waals surface area contributed by atoms with E-state index in [1.807, 2.05) is 24.3 Å². The van der Waals surface area contributed by atoms with Gasteiger partial charge in [-0.2, -0.15) is 0 Å². The molecule has 14 rings (SSSR count). The molecule has 0 aliphatic carbocycles. The minimum atomic E-state index is 0.672. The molecule has 2 heterocycles. The molecule has 0 fully saturated rings. The van der Waals surface area contributed by atoms with Gasteiger partial charge in [-0.1, -0.05) is 303 Å². The molecule has 0 unspecified atom stereocenters. The Hall–Kier alpha value is -10.9. The van der Waals surface area contributed by atoms with E-state index in [4.69, 9.17) is 19.9 Å². The molecule has 384 valence electrons. The summed E-state index contributed by atoms with van der Waals surface area (Å²) in [4.78, 5) is 20.9. The monoisotopic (exact) mass is 1040 g/mol. The number of fused-ring (bicyclic) bond motifs is 1. The van der Waals surface area contributed by atoms with Gasteiger partial charge in [-0.3, -0.25) is 0 Å². The molecular formula is C78H52N4. The van der Waals surface area contributed by atoms with E-state index in [1.165, 1.54) is 33.0 Å². The second-order valence-corrected chi connectivity index (χ2v) is 20.6. The standard InChI is InChI=1S/C78H52N4/c1-5-15-53(16-6-1)57-27-39-63(40-28-57)73-51-74(64-41-29-58(30-42-64)54-17-7-2-8-18-54)80-77(79-73)67-47-35-61(36-48-67)69-23-13-26-72-70(24-14-25-71(69)72)62-37-49-68(50-38-62)78-81-75(65-43-31-59(32-44-65)55-19-9-3-10-20-55)52-76(82-78)66-45-33-60(34-46-66)56-21-11-4-12-22-56/h1-52H. The summed E-state index contributed by atoms with van der Waals surface area (Å²) in [5.74, 6) is 1.34. The Bertz CT molecular complexity index is 4010. The van der Waals surface area contributed by atoms with Crippen molar-refractivity contribution in [3.63, 3.8) is 0 Å². The first-order valence-electron chi connectivity index (χ1n) is 27.8. The van der Waals surface area contributed by atoms with Crippen molar-refractivity contribution in [2.24, 2.45) is 0 Å². The van der Waals surface area contributed by atoms with Crippen molar-refractivity contribution in [1.82, 2.24) is 19.9 Å². The van der Waals surface area contributed by atoms with Gasteiger partial charge in [-0.05, 0) is 89.7 Å². The highest BCUT2D eigenvalue weighted by Crippen LogP contribution is 2.38. The predicted molar refractivity (Wildman–Crippen MR) is 340 cm³/mol. The molecule has 0 N–H and O–H groups in total. The Morgan fingerprint density at radius 1 is 0.146 bits per heavy atom. The third kappa shape index (κ3) is 10.2. The van der Waals surface area contributed by atoms with E-state index in [2.05, 4.69) is 291 Å². The summed E-state index contributed by atoms with van der Waals surface area (Å²) in [5, 5.41) is 2.35. The van der Waals surface area contributed by atoms with Crippen LogP contribution in [0.5, 0.6) is 0 Å². The van der Waals surface area contributed by atoms with E-state index in [-0.39, 0.29) is 0 Å². The number of benzene rings is 12. The van der Waals surface area contributed by atoms with Crippen molar-refractivity contribution in [1.29, 1.82) is 0 Å². The molecular weight excluding hydrogens is 993 g/mol. The zero-order valence-corrected chi connectivity index (χ0v) is 44.8. The van der Waals surface area contributed by atoms with Crippen LogP contribution in [-0.2, 0) is 0 Å². The molecule has 4 nitrogen and oxygen atoms in total. The molecule has 0 radical (unpaired) electrons. The van der Waals surface area contributed by atoms with E-state index in [1.54, 1.807) is 0 Å². The average Bonchev–Trinajstić information content (AvgIpc) is 3.64. The Morgan fingerprint density at radius 2 is 0.354 bits per heavy atom. The molecule has 0 bridgehead atoms. The second kappa shape index (κ2) is 22.1. The quantitative estimate of drug-likeness (QED) is 0.122. The van der Waals surface area contributed by atoms with Crippen LogP contribution in [0.3, 0.4) is 0 Å². The van der Waals surface area contributed by atoms with Gasteiger partial charge in [0.1, 0.15) is 0 Å². The molecule has 0 aliphatic rings. The molecule has 0 amide bonds. The van der Waals surface area contributed by atoms with Gasteiger partial charge in [0, 0.05) is 33.4 Å². The maximum absolute atomic E-state index is 5.23. The first kappa shape index (κ1) is 49.4. The zero-order chi connectivity index (χ0) is 54.6. The molecule has 0 saturated carbocycles. The fourth-order valence-corrected chi connectivity index (χ4v) is 11.0. The van der Waals surface area contributed by atoms with Crippen molar-refractivity contribution in [2.75, 3.05) is 0 Å². The van der Waals surface area contributed by atoms with Gasteiger partial charge in [0.05, 0.1) is 22.8 Å². The van der Waals surface area contributed by atoms with Crippen LogP contribution in [-0.4, -0.2) is 19.9 Å². The molecule has 0 atom stereocenters. The van der Waals surface area contributed by atoms with Crippen LogP contribution in [0.2, 0.25) is 0 Å². The van der Waals surface area contributed by atoms with Crippen LogP contribution in [0.4, 0.5) is 0 Å². The Morgan fingerprint density at radius 3 is 0.610 bits per heavy atom. The summed E-state index contributed by atoms with van der Waals surface area (Å²) in [6.45, 7) is 0. The van der Waals surface area contributed by atoms with Gasteiger partial charge >= 0.3 is 0 Å². The molecule has 4 heteroatoms. The lowest BCUT2D eigenvalue weighted by molar-refractivity contribution is 1.18. The Balaban J connectivity index is 0.774. The number of aromatic nitrogens is 4. The molecule has 82 heavy (non-hydrogen) atoms.